The zero-order valence-electron chi connectivity index (χ0n) is 13.5. The number of benzene rings is 2. The van der Waals surface area contributed by atoms with Crippen molar-refractivity contribution in [3.8, 4) is 0 Å². The quantitative estimate of drug-likeness (QED) is 0.593. The summed E-state index contributed by atoms with van der Waals surface area (Å²) in [6.45, 7) is 6.11. The fourth-order valence-electron chi connectivity index (χ4n) is 3.02. The van der Waals surface area contributed by atoms with Crippen LogP contribution in [0, 0.1) is 0 Å². The van der Waals surface area contributed by atoms with Crippen molar-refractivity contribution in [2.24, 2.45) is 0 Å². The van der Waals surface area contributed by atoms with Crippen molar-refractivity contribution in [3.05, 3.63) is 47.0 Å². The van der Waals surface area contributed by atoms with Crippen LogP contribution in [0.2, 0.25) is 0 Å². The lowest BCUT2D eigenvalue weighted by atomic mass is 9.90. The molecular formula is C20H26O. The lowest BCUT2D eigenvalue weighted by Crippen LogP contribution is -2.02. The van der Waals surface area contributed by atoms with E-state index in [1.165, 1.54) is 34.7 Å². The molecule has 0 aliphatic carbocycles. The molecule has 0 amide bonds. The molecule has 1 heteroatoms. The van der Waals surface area contributed by atoms with Crippen molar-refractivity contribution < 1.29 is 4.79 Å². The Morgan fingerprint density at radius 1 is 0.905 bits per heavy atom. The Morgan fingerprint density at radius 2 is 1.62 bits per heavy atom. The van der Waals surface area contributed by atoms with Crippen LogP contribution in [0.3, 0.4) is 0 Å². The fraction of sp³-hybridized carbons (Fsp3) is 0.450. The van der Waals surface area contributed by atoms with Crippen LogP contribution < -0.4 is 0 Å². The minimum Gasteiger partial charge on any atom is -0.295 e. The van der Waals surface area contributed by atoms with Gasteiger partial charge in [0.05, 0.1) is 0 Å². The van der Waals surface area contributed by atoms with Gasteiger partial charge in [0.1, 0.15) is 0 Å². The Balaban J connectivity index is 2.57. The Hall–Kier alpha value is -1.63. The van der Waals surface area contributed by atoms with Crippen molar-refractivity contribution in [3.63, 3.8) is 0 Å². The Kier molecular flexibility index (Phi) is 5.55. The Bertz CT molecular complexity index is 625. The molecule has 0 bridgehead atoms. The number of aryl methyl sites for hydroxylation is 2. The molecular weight excluding hydrogens is 256 g/mol. The monoisotopic (exact) mass is 282 g/mol. The largest absolute Gasteiger partial charge is 0.295 e. The van der Waals surface area contributed by atoms with E-state index in [-0.39, 0.29) is 5.78 Å². The van der Waals surface area contributed by atoms with Gasteiger partial charge in [0.15, 0.2) is 5.78 Å². The normalized spacial score (nSPS) is 11.0. The highest BCUT2D eigenvalue weighted by Gasteiger charge is 2.12. The van der Waals surface area contributed by atoms with Crippen LogP contribution in [-0.4, -0.2) is 5.78 Å². The number of carbonyl (C=O) groups excluding carboxylic acids is 1. The second-order valence-corrected chi connectivity index (χ2v) is 5.87. The first-order chi connectivity index (χ1) is 10.2. The Morgan fingerprint density at radius 3 is 2.29 bits per heavy atom. The molecule has 0 saturated heterocycles. The van der Waals surface area contributed by atoms with Crippen molar-refractivity contribution in [2.75, 3.05) is 0 Å². The van der Waals surface area contributed by atoms with Gasteiger partial charge in [-0.3, -0.25) is 4.79 Å². The molecule has 0 heterocycles. The minimum atomic E-state index is 0.182. The molecule has 1 nitrogen and oxygen atoms in total. The van der Waals surface area contributed by atoms with Crippen molar-refractivity contribution in [1.29, 1.82) is 0 Å². The van der Waals surface area contributed by atoms with Crippen LogP contribution >= 0.6 is 0 Å². The first-order valence-corrected chi connectivity index (χ1v) is 8.23. The van der Waals surface area contributed by atoms with E-state index in [1.807, 2.05) is 6.07 Å². The number of fused-ring (bicyclic) bond motifs is 1. The van der Waals surface area contributed by atoms with Crippen LogP contribution in [0.15, 0.2) is 30.3 Å². The molecule has 0 spiro atoms. The maximum Gasteiger partial charge on any atom is 0.160 e. The van der Waals surface area contributed by atoms with Crippen LogP contribution in [0.1, 0.15) is 67.9 Å². The second kappa shape index (κ2) is 7.40. The molecule has 112 valence electrons. The molecule has 2 aromatic rings. The smallest absolute Gasteiger partial charge is 0.160 e. The molecule has 0 aromatic heterocycles. The minimum absolute atomic E-state index is 0.182. The van der Waals surface area contributed by atoms with Crippen LogP contribution in [-0.2, 0) is 12.8 Å². The van der Waals surface area contributed by atoms with E-state index in [4.69, 9.17) is 0 Å². The lowest BCUT2D eigenvalue weighted by Gasteiger charge is -2.14. The van der Waals surface area contributed by atoms with Crippen molar-refractivity contribution in [1.82, 2.24) is 0 Å². The third kappa shape index (κ3) is 3.53. The molecule has 0 radical (unpaired) electrons. The summed E-state index contributed by atoms with van der Waals surface area (Å²) in [6.07, 6.45) is 6.85. The summed E-state index contributed by atoms with van der Waals surface area (Å²) in [5.74, 6) is 0.182. The van der Waals surface area contributed by atoms with Gasteiger partial charge in [-0.1, -0.05) is 57.0 Å². The predicted octanol–water partition coefficient (Wildman–Crippen LogP) is 5.73. The van der Waals surface area contributed by atoms with E-state index in [9.17, 15) is 4.79 Å². The summed E-state index contributed by atoms with van der Waals surface area (Å²) < 4.78 is 0. The van der Waals surface area contributed by atoms with Gasteiger partial charge in [0.2, 0.25) is 0 Å². The number of ketones is 1. The molecule has 0 atom stereocenters. The summed E-state index contributed by atoms with van der Waals surface area (Å²) in [7, 11) is 0. The average Bonchev–Trinajstić information content (AvgIpc) is 2.50. The molecule has 0 N–H and O–H groups in total. The van der Waals surface area contributed by atoms with Gasteiger partial charge in [0.25, 0.3) is 0 Å². The summed E-state index contributed by atoms with van der Waals surface area (Å²) in [5, 5.41) is 2.62. The van der Waals surface area contributed by atoms with E-state index in [1.54, 1.807) is 6.92 Å². The molecule has 0 fully saturated rings. The highest BCUT2D eigenvalue weighted by molar-refractivity contribution is 6.02. The first kappa shape index (κ1) is 15.8. The Labute approximate surface area is 128 Å². The van der Waals surface area contributed by atoms with E-state index in [0.29, 0.717) is 0 Å². The van der Waals surface area contributed by atoms with Crippen LogP contribution in [0.5, 0.6) is 0 Å². The third-order valence-corrected chi connectivity index (χ3v) is 4.22. The van der Waals surface area contributed by atoms with Gasteiger partial charge in [-0.2, -0.15) is 0 Å². The van der Waals surface area contributed by atoms with Crippen LogP contribution in [0.4, 0.5) is 0 Å². The first-order valence-electron chi connectivity index (χ1n) is 8.23. The fourth-order valence-corrected chi connectivity index (χ4v) is 3.02. The number of rotatable bonds is 7. The molecule has 21 heavy (non-hydrogen) atoms. The van der Waals surface area contributed by atoms with Crippen molar-refractivity contribution >= 4 is 16.6 Å². The van der Waals surface area contributed by atoms with E-state index < -0.39 is 0 Å². The third-order valence-electron chi connectivity index (χ3n) is 4.22. The zero-order valence-corrected chi connectivity index (χ0v) is 13.5. The van der Waals surface area contributed by atoms with Gasteiger partial charge >= 0.3 is 0 Å². The van der Waals surface area contributed by atoms with Gasteiger partial charge in [-0.25, -0.2) is 0 Å². The van der Waals surface area contributed by atoms with E-state index >= 15 is 0 Å². The van der Waals surface area contributed by atoms with Gasteiger partial charge in [0, 0.05) is 5.56 Å². The highest BCUT2D eigenvalue weighted by atomic mass is 16.1. The summed E-state index contributed by atoms with van der Waals surface area (Å²) >= 11 is 0. The second-order valence-electron chi connectivity index (χ2n) is 5.87. The predicted molar refractivity (Wildman–Crippen MR) is 91.2 cm³/mol. The lowest BCUT2D eigenvalue weighted by molar-refractivity contribution is 0.101. The maximum atomic E-state index is 11.9. The molecule has 0 aliphatic heterocycles. The van der Waals surface area contributed by atoms with Crippen molar-refractivity contribution in [2.45, 2.75) is 59.3 Å². The summed E-state index contributed by atoms with van der Waals surface area (Å²) in [4.78, 5) is 11.9. The van der Waals surface area contributed by atoms with Crippen LogP contribution in [0.25, 0.3) is 10.8 Å². The number of unbranched alkanes of at least 4 members (excludes halogenated alkanes) is 2. The van der Waals surface area contributed by atoms with E-state index in [2.05, 4.69) is 38.1 Å². The number of carbonyl (C=O) groups is 1. The van der Waals surface area contributed by atoms with E-state index in [0.717, 1.165) is 31.2 Å². The topological polar surface area (TPSA) is 17.1 Å². The highest BCUT2D eigenvalue weighted by Crippen LogP contribution is 2.28. The molecule has 2 aromatic carbocycles. The van der Waals surface area contributed by atoms with Gasteiger partial charge in [-0.05, 0) is 54.5 Å². The number of Topliss-reactive ketones (excluding diaryl/α,β-unsaturated/α-hetero) is 1. The summed E-state index contributed by atoms with van der Waals surface area (Å²) in [5.41, 5.74) is 3.57. The SMILES string of the molecule is CCCCc1cccc2c(CCCC)c(C(C)=O)ccc12. The summed E-state index contributed by atoms with van der Waals surface area (Å²) in [6, 6.07) is 10.7. The van der Waals surface area contributed by atoms with Gasteiger partial charge in [-0.15, -0.1) is 0 Å². The van der Waals surface area contributed by atoms with Gasteiger partial charge < -0.3 is 0 Å². The molecule has 2 rings (SSSR count). The number of hydrogen-bond acceptors (Lipinski definition) is 1. The standard InChI is InChI=1S/C20H26O/c1-4-6-9-16-10-8-12-20-18(16)14-13-17(15(3)21)19(20)11-7-5-2/h8,10,12-14H,4-7,9,11H2,1-3H3. The molecule has 0 unspecified atom stereocenters. The molecule has 0 aliphatic rings. The maximum absolute atomic E-state index is 11.9. The molecule has 0 saturated carbocycles. The average molecular weight is 282 g/mol. The number of hydrogen-bond donors (Lipinski definition) is 0. The zero-order chi connectivity index (χ0) is 15.2.